The third kappa shape index (κ3) is 3.96. The fourth-order valence-corrected chi connectivity index (χ4v) is 4.92. The second kappa shape index (κ2) is 8.67. The molecular weight excluding hydrogens is 421 g/mol. The largest absolute Gasteiger partial charge is 0.394 e. The second-order valence-electron chi connectivity index (χ2n) is 8.45. The van der Waals surface area contributed by atoms with E-state index < -0.39 is 0 Å². The molecule has 0 bridgehead atoms. The van der Waals surface area contributed by atoms with Crippen LogP contribution in [-0.2, 0) is 4.79 Å². The summed E-state index contributed by atoms with van der Waals surface area (Å²) in [5.74, 6) is -0.514. The normalized spacial score (nSPS) is 21.9. The Morgan fingerprint density at radius 1 is 0.970 bits per heavy atom. The highest BCUT2D eigenvalue weighted by atomic mass is 19.1. The van der Waals surface area contributed by atoms with E-state index in [1.165, 1.54) is 17.0 Å². The van der Waals surface area contributed by atoms with Gasteiger partial charge in [0.25, 0.3) is 0 Å². The standard InChI is InChI=1S/C26H24FN3O3/c27-20-12-10-18(11-13-20)17-6-8-19(9-7-17)25-22-14-29(15-24(32)30(22)23(25)16-31)26(33)28-21-4-2-1-3-5-21/h1-13,22-23,25,31H,14-16H2,(H,28,33)/t22-,23-,25-/m1/s1. The maximum Gasteiger partial charge on any atom is 0.322 e. The zero-order valence-electron chi connectivity index (χ0n) is 17.9. The van der Waals surface area contributed by atoms with Crippen LogP contribution in [0.3, 0.4) is 0 Å². The molecule has 33 heavy (non-hydrogen) atoms. The number of benzene rings is 3. The zero-order chi connectivity index (χ0) is 22.9. The molecule has 3 atom stereocenters. The summed E-state index contributed by atoms with van der Waals surface area (Å²) in [6.07, 6.45) is 0. The number of hydrogen-bond acceptors (Lipinski definition) is 3. The molecule has 3 aromatic carbocycles. The van der Waals surface area contributed by atoms with Gasteiger partial charge in [0.15, 0.2) is 0 Å². The first-order valence-electron chi connectivity index (χ1n) is 10.9. The minimum Gasteiger partial charge on any atom is -0.394 e. The lowest BCUT2D eigenvalue weighted by Crippen LogP contribution is -2.73. The summed E-state index contributed by atoms with van der Waals surface area (Å²) in [5.41, 5.74) is 3.54. The molecule has 2 fully saturated rings. The number of halogens is 1. The molecule has 0 radical (unpaired) electrons. The summed E-state index contributed by atoms with van der Waals surface area (Å²) in [6.45, 7) is 0.246. The molecule has 0 saturated carbocycles. The van der Waals surface area contributed by atoms with E-state index in [4.69, 9.17) is 0 Å². The van der Waals surface area contributed by atoms with Gasteiger partial charge in [0.1, 0.15) is 12.4 Å². The lowest BCUT2D eigenvalue weighted by atomic mass is 9.73. The minimum absolute atomic E-state index is 0.0120. The van der Waals surface area contributed by atoms with Gasteiger partial charge in [-0.3, -0.25) is 4.79 Å². The Hall–Kier alpha value is -3.71. The quantitative estimate of drug-likeness (QED) is 0.643. The molecule has 2 heterocycles. The summed E-state index contributed by atoms with van der Waals surface area (Å²) in [5, 5.41) is 12.8. The van der Waals surface area contributed by atoms with Gasteiger partial charge >= 0.3 is 6.03 Å². The van der Waals surface area contributed by atoms with Gasteiger partial charge in [-0.2, -0.15) is 0 Å². The summed E-state index contributed by atoms with van der Waals surface area (Å²) in [6, 6.07) is 22.5. The minimum atomic E-state index is -0.313. The number of carbonyl (C=O) groups is 2. The number of urea groups is 1. The average Bonchev–Trinajstić information content (AvgIpc) is 2.82. The Bertz CT molecular complexity index is 1150. The Morgan fingerprint density at radius 2 is 1.61 bits per heavy atom. The number of nitrogens with zero attached hydrogens (tertiary/aromatic N) is 2. The number of fused-ring (bicyclic) bond motifs is 1. The number of piperazine rings is 1. The van der Waals surface area contributed by atoms with Gasteiger partial charge in [-0.05, 0) is 41.0 Å². The Labute approximate surface area is 191 Å². The van der Waals surface area contributed by atoms with E-state index in [0.29, 0.717) is 12.2 Å². The van der Waals surface area contributed by atoms with E-state index in [0.717, 1.165) is 16.7 Å². The van der Waals surface area contributed by atoms with Crippen LogP contribution in [-0.4, -0.2) is 58.6 Å². The van der Waals surface area contributed by atoms with E-state index in [9.17, 15) is 19.1 Å². The monoisotopic (exact) mass is 445 g/mol. The maximum atomic E-state index is 13.2. The van der Waals surface area contributed by atoms with Crippen LogP contribution in [0.2, 0.25) is 0 Å². The Kier molecular flexibility index (Phi) is 5.56. The topological polar surface area (TPSA) is 72.9 Å². The van der Waals surface area contributed by atoms with Gasteiger partial charge < -0.3 is 20.2 Å². The van der Waals surface area contributed by atoms with Gasteiger partial charge in [0.2, 0.25) is 5.91 Å². The van der Waals surface area contributed by atoms with Crippen LogP contribution in [0.4, 0.5) is 14.9 Å². The number of amides is 3. The average molecular weight is 445 g/mol. The van der Waals surface area contributed by atoms with Crippen LogP contribution >= 0.6 is 0 Å². The summed E-state index contributed by atoms with van der Waals surface area (Å²) < 4.78 is 13.2. The number of aliphatic hydroxyl groups is 1. The third-order valence-electron chi connectivity index (χ3n) is 6.54. The summed E-state index contributed by atoms with van der Waals surface area (Å²) in [4.78, 5) is 28.8. The lowest BCUT2D eigenvalue weighted by molar-refractivity contribution is -0.159. The second-order valence-corrected chi connectivity index (χ2v) is 8.45. The van der Waals surface area contributed by atoms with E-state index in [-0.39, 0.29) is 48.9 Å². The number of para-hydroxylation sites is 1. The van der Waals surface area contributed by atoms with Crippen LogP contribution in [0.5, 0.6) is 0 Å². The van der Waals surface area contributed by atoms with Gasteiger partial charge in [0.05, 0.1) is 18.7 Å². The molecule has 2 N–H and O–H groups in total. The highest BCUT2D eigenvalue weighted by Crippen LogP contribution is 2.43. The molecule has 0 aromatic heterocycles. The van der Waals surface area contributed by atoms with E-state index in [1.54, 1.807) is 29.2 Å². The van der Waals surface area contributed by atoms with Crippen molar-refractivity contribution in [1.29, 1.82) is 0 Å². The third-order valence-corrected chi connectivity index (χ3v) is 6.54. The van der Waals surface area contributed by atoms with Crippen molar-refractivity contribution in [2.24, 2.45) is 0 Å². The van der Waals surface area contributed by atoms with Crippen LogP contribution < -0.4 is 5.32 Å². The molecule has 3 aromatic rings. The summed E-state index contributed by atoms with van der Waals surface area (Å²) >= 11 is 0. The first-order valence-corrected chi connectivity index (χ1v) is 10.9. The van der Waals surface area contributed by atoms with E-state index in [1.807, 2.05) is 42.5 Å². The van der Waals surface area contributed by atoms with Crippen molar-refractivity contribution in [3.8, 4) is 11.1 Å². The van der Waals surface area contributed by atoms with Crippen molar-refractivity contribution in [2.45, 2.75) is 18.0 Å². The molecule has 0 spiro atoms. The Balaban J connectivity index is 1.34. The highest BCUT2D eigenvalue weighted by molar-refractivity contribution is 5.93. The molecule has 6 nitrogen and oxygen atoms in total. The molecule has 7 heteroatoms. The first-order chi connectivity index (χ1) is 16.0. The van der Waals surface area contributed by atoms with Crippen molar-refractivity contribution in [2.75, 3.05) is 25.0 Å². The van der Waals surface area contributed by atoms with Crippen LogP contribution in [0.25, 0.3) is 11.1 Å². The highest BCUT2D eigenvalue weighted by Gasteiger charge is 2.54. The van der Waals surface area contributed by atoms with Gasteiger partial charge in [0, 0.05) is 18.2 Å². The maximum absolute atomic E-state index is 13.2. The number of aliphatic hydroxyl groups excluding tert-OH is 1. The molecule has 0 unspecified atom stereocenters. The number of carbonyl (C=O) groups excluding carboxylic acids is 2. The van der Waals surface area contributed by atoms with E-state index in [2.05, 4.69) is 5.32 Å². The molecule has 3 amide bonds. The summed E-state index contributed by atoms with van der Waals surface area (Å²) in [7, 11) is 0. The first kappa shape index (κ1) is 21.2. The van der Waals surface area contributed by atoms with Crippen molar-refractivity contribution >= 4 is 17.6 Å². The fraction of sp³-hybridized carbons (Fsp3) is 0.231. The fourth-order valence-electron chi connectivity index (χ4n) is 4.92. The predicted octanol–water partition coefficient (Wildman–Crippen LogP) is 3.70. The lowest BCUT2D eigenvalue weighted by Gasteiger charge is -2.58. The van der Waals surface area contributed by atoms with Crippen molar-refractivity contribution in [3.05, 3.63) is 90.2 Å². The number of anilines is 1. The molecule has 2 saturated heterocycles. The number of hydrogen-bond donors (Lipinski definition) is 2. The molecule has 2 aliphatic rings. The molecular formula is C26H24FN3O3. The predicted molar refractivity (Wildman–Crippen MR) is 123 cm³/mol. The molecule has 168 valence electrons. The van der Waals surface area contributed by atoms with Crippen molar-refractivity contribution in [1.82, 2.24) is 9.80 Å². The van der Waals surface area contributed by atoms with Gasteiger partial charge in [-0.15, -0.1) is 0 Å². The number of nitrogens with one attached hydrogen (secondary N) is 1. The smallest absolute Gasteiger partial charge is 0.322 e. The molecule has 2 aliphatic heterocycles. The van der Waals surface area contributed by atoms with Crippen LogP contribution in [0.15, 0.2) is 78.9 Å². The van der Waals surface area contributed by atoms with E-state index >= 15 is 0 Å². The van der Waals surface area contributed by atoms with Crippen LogP contribution in [0.1, 0.15) is 11.5 Å². The van der Waals surface area contributed by atoms with Gasteiger partial charge in [-0.25, -0.2) is 9.18 Å². The van der Waals surface area contributed by atoms with Crippen molar-refractivity contribution < 1.29 is 19.1 Å². The SMILES string of the molecule is O=C(Nc1ccccc1)N1CC(=O)N2[C@H](CO)[C@H](c3ccc(-c4ccc(F)cc4)cc3)[C@H]2C1. The zero-order valence-corrected chi connectivity index (χ0v) is 17.9. The molecule has 5 rings (SSSR count). The Morgan fingerprint density at radius 3 is 2.24 bits per heavy atom. The van der Waals surface area contributed by atoms with Crippen LogP contribution in [0, 0.1) is 5.82 Å². The number of rotatable bonds is 4. The van der Waals surface area contributed by atoms with Crippen molar-refractivity contribution in [3.63, 3.8) is 0 Å². The molecule has 0 aliphatic carbocycles. The van der Waals surface area contributed by atoms with Gasteiger partial charge in [-0.1, -0.05) is 54.6 Å².